The molecule has 1 aliphatic rings. The molecule has 0 aliphatic heterocycles. The Morgan fingerprint density at radius 1 is 1.07 bits per heavy atom. The van der Waals surface area contributed by atoms with Gasteiger partial charge in [-0.3, -0.25) is 4.79 Å². The summed E-state index contributed by atoms with van der Waals surface area (Å²) in [5.41, 5.74) is -1.91. The molecule has 2 aromatic rings. The molecule has 0 spiro atoms. The van der Waals surface area contributed by atoms with Crippen molar-refractivity contribution in [3.05, 3.63) is 60.2 Å². The van der Waals surface area contributed by atoms with Crippen molar-refractivity contribution in [3.8, 4) is 29.4 Å². The molecule has 1 saturated carbocycles. The van der Waals surface area contributed by atoms with E-state index in [0.717, 1.165) is 0 Å². The fourth-order valence-corrected chi connectivity index (χ4v) is 4.11. The topological polar surface area (TPSA) is 108 Å². The van der Waals surface area contributed by atoms with Crippen LogP contribution < -0.4 is 4.74 Å². The zero-order valence-corrected chi connectivity index (χ0v) is 15.9. The zero-order valence-electron chi connectivity index (χ0n) is 15.9. The molecule has 29 heavy (non-hydrogen) atoms. The third-order valence-corrected chi connectivity index (χ3v) is 5.59. The van der Waals surface area contributed by atoms with E-state index >= 15 is 0 Å². The van der Waals surface area contributed by atoms with E-state index in [1.165, 1.54) is 0 Å². The number of benzene rings is 2. The Balaban J connectivity index is 2.01. The second kappa shape index (κ2) is 7.33. The maximum atomic E-state index is 12.3. The molecule has 1 fully saturated rings. The van der Waals surface area contributed by atoms with E-state index in [-0.39, 0.29) is 0 Å². The van der Waals surface area contributed by atoms with Gasteiger partial charge in [-0.2, -0.15) is 5.26 Å². The van der Waals surface area contributed by atoms with Crippen LogP contribution in [0.4, 0.5) is 0 Å². The molecule has 0 aromatic heterocycles. The van der Waals surface area contributed by atoms with E-state index in [1.54, 1.807) is 50.2 Å². The maximum Gasteiger partial charge on any atom is 0.381 e. The van der Waals surface area contributed by atoms with Gasteiger partial charge in [-0.1, -0.05) is 50.1 Å². The molecule has 2 aromatic carbocycles. The molecule has 0 unspecified atom stereocenters. The van der Waals surface area contributed by atoms with Gasteiger partial charge < -0.3 is 14.9 Å². The van der Waals surface area contributed by atoms with E-state index in [9.17, 15) is 20.0 Å². The fraction of sp³-hybridized carbons (Fsp3) is 0.261. The second-order valence-electron chi connectivity index (χ2n) is 7.45. The highest BCUT2D eigenvalue weighted by molar-refractivity contribution is 5.89. The number of nitriles is 1. The van der Waals surface area contributed by atoms with E-state index < -0.39 is 34.6 Å². The summed E-state index contributed by atoms with van der Waals surface area (Å²) in [5, 5.41) is 28.8. The Hall–Kier alpha value is -3.77. The van der Waals surface area contributed by atoms with Crippen molar-refractivity contribution in [2.24, 2.45) is 16.7 Å². The van der Waals surface area contributed by atoms with Crippen LogP contribution in [0.1, 0.15) is 25.3 Å². The van der Waals surface area contributed by atoms with Crippen LogP contribution in [0.3, 0.4) is 0 Å². The van der Waals surface area contributed by atoms with Gasteiger partial charge in [0, 0.05) is 11.8 Å². The number of carboxylic acids is 2. The minimum atomic E-state index is -1.52. The molecule has 2 N–H and O–H groups in total. The van der Waals surface area contributed by atoms with Crippen LogP contribution >= 0.6 is 0 Å². The predicted octanol–water partition coefficient (Wildman–Crippen LogP) is 3.90. The first-order valence-corrected chi connectivity index (χ1v) is 8.95. The quantitative estimate of drug-likeness (QED) is 0.751. The number of aliphatic carboxylic acids is 2. The lowest BCUT2D eigenvalue weighted by Gasteiger charge is -2.22. The first-order chi connectivity index (χ1) is 13.7. The van der Waals surface area contributed by atoms with E-state index in [0.29, 0.717) is 17.1 Å². The number of rotatable bonds is 5. The largest absolute Gasteiger partial charge is 0.481 e. The lowest BCUT2D eigenvalue weighted by atomic mass is 9.78. The van der Waals surface area contributed by atoms with Gasteiger partial charge in [-0.25, -0.2) is 4.79 Å². The Morgan fingerprint density at radius 2 is 1.72 bits per heavy atom. The molecule has 6 heteroatoms. The molecule has 0 saturated heterocycles. The first-order valence-electron chi connectivity index (χ1n) is 8.95. The van der Waals surface area contributed by atoms with Gasteiger partial charge in [0.05, 0.1) is 12.0 Å². The Labute approximate surface area is 168 Å². The number of ether oxygens (including phenoxy) is 1. The van der Waals surface area contributed by atoms with Gasteiger partial charge >= 0.3 is 11.9 Å². The molecule has 3 rings (SSSR count). The molecule has 3 atom stereocenters. The average molecular weight is 389 g/mol. The number of nitrogens with zero attached hydrogens (tertiary/aromatic N) is 1. The van der Waals surface area contributed by atoms with Crippen LogP contribution in [0.25, 0.3) is 0 Å². The molecular weight excluding hydrogens is 370 g/mol. The summed E-state index contributed by atoms with van der Waals surface area (Å²) in [6, 6.07) is 17.9. The van der Waals surface area contributed by atoms with Crippen LogP contribution in [-0.4, -0.2) is 22.2 Å². The molecule has 0 heterocycles. The number of hydrogen-bond acceptors (Lipinski definition) is 4. The van der Waals surface area contributed by atoms with Gasteiger partial charge in [0.15, 0.2) is 0 Å². The van der Waals surface area contributed by atoms with Crippen molar-refractivity contribution < 1.29 is 24.5 Å². The average Bonchev–Trinajstić information content (AvgIpc) is 3.17. The first kappa shape index (κ1) is 20.0. The predicted molar refractivity (Wildman–Crippen MR) is 104 cm³/mol. The van der Waals surface area contributed by atoms with Gasteiger partial charge in [-0.15, -0.1) is 0 Å². The van der Waals surface area contributed by atoms with Gasteiger partial charge in [0.1, 0.15) is 16.9 Å². The van der Waals surface area contributed by atoms with Crippen molar-refractivity contribution >= 4 is 11.9 Å². The smallest absolute Gasteiger partial charge is 0.381 e. The molecular formula is C23H19NO5. The second-order valence-corrected chi connectivity index (χ2v) is 7.45. The summed E-state index contributed by atoms with van der Waals surface area (Å²) < 4.78 is 5.80. The SMILES string of the molecule is CC1(C)[C@H](C#CC(=O)O)[C@@]1(C(=O)O)[C@@H](C#N)c1cccc(Oc2ccccc2)c1. The minimum Gasteiger partial charge on any atom is -0.481 e. The summed E-state index contributed by atoms with van der Waals surface area (Å²) in [6.07, 6.45) is 0. The van der Waals surface area contributed by atoms with Crippen LogP contribution in [-0.2, 0) is 9.59 Å². The van der Waals surface area contributed by atoms with Crippen molar-refractivity contribution in [2.75, 3.05) is 0 Å². The molecule has 0 bridgehead atoms. The van der Waals surface area contributed by atoms with E-state index in [4.69, 9.17) is 9.84 Å². The maximum absolute atomic E-state index is 12.3. The van der Waals surface area contributed by atoms with E-state index in [2.05, 4.69) is 12.0 Å². The van der Waals surface area contributed by atoms with Gasteiger partial charge in [0.25, 0.3) is 0 Å². The monoisotopic (exact) mass is 389 g/mol. The standard InChI is InChI=1S/C23H19NO5/c1-22(2)19(11-12-20(25)26)23(22,21(27)28)18(14-24)15-7-6-10-17(13-15)29-16-8-4-3-5-9-16/h3-10,13,18-19H,1-2H3,(H,25,26)(H,27,28)/t18-,19-,23+/m0/s1. The summed E-state index contributed by atoms with van der Waals surface area (Å²) in [5.74, 6) is 1.34. The van der Waals surface area contributed by atoms with Crippen LogP contribution in [0, 0.1) is 39.9 Å². The normalized spacial score (nSPS) is 22.3. The highest BCUT2D eigenvalue weighted by atomic mass is 16.5. The molecule has 6 nitrogen and oxygen atoms in total. The van der Waals surface area contributed by atoms with Crippen LogP contribution in [0.2, 0.25) is 0 Å². The van der Waals surface area contributed by atoms with Gasteiger partial charge in [0.2, 0.25) is 0 Å². The summed E-state index contributed by atoms with van der Waals surface area (Å²) in [4.78, 5) is 23.2. The third-order valence-electron chi connectivity index (χ3n) is 5.59. The molecule has 1 aliphatic carbocycles. The number of carbonyl (C=O) groups is 2. The van der Waals surface area contributed by atoms with Crippen LogP contribution in [0.15, 0.2) is 54.6 Å². The van der Waals surface area contributed by atoms with E-state index in [1.807, 2.05) is 24.1 Å². The summed E-state index contributed by atoms with van der Waals surface area (Å²) in [7, 11) is 0. The fourth-order valence-electron chi connectivity index (χ4n) is 4.11. The molecule has 146 valence electrons. The summed E-state index contributed by atoms with van der Waals surface area (Å²) >= 11 is 0. The van der Waals surface area contributed by atoms with Crippen molar-refractivity contribution in [2.45, 2.75) is 19.8 Å². The Kier molecular flexibility index (Phi) is 5.05. The summed E-state index contributed by atoms with van der Waals surface area (Å²) in [6.45, 7) is 3.38. The van der Waals surface area contributed by atoms with Crippen molar-refractivity contribution in [3.63, 3.8) is 0 Å². The van der Waals surface area contributed by atoms with Crippen molar-refractivity contribution in [1.29, 1.82) is 5.26 Å². The Morgan fingerprint density at radius 3 is 2.31 bits per heavy atom. The van der Waals surface area contributed by atoms with Crippen LogP contribution in [0.5, 0.6) is 11.5 Å². The zero-order chi connectivity index (χ0) is 21.2. The lowest BCUT2D eigenvalue weighted by Crippen LogP contribution is -2.28. The number of hydrogen-bond donors (Lipinski definition) is 2. The van der Waals surface area contributed by atoms with Crippen molar-refractivity contribution in [1.82, 2.24) is 0 Å². The minimum absolute atomic E-state index is 0.473. The number of para-hydroxylation sites is 1. The third kappa shape index (κ3) is 3.30. The number of carboxylic acid groups (broad SMARTS) is 2. The Bertz CT molecular complexity index is 1060. The molecule has 0 radical (unpaired) electrons. The highest BCUT2D eigenvalue weighted by Crippen LogP contribution is 2.74. The van der Waals surface area contributed by atoms with Gasteiger partial charge in [-0.05, 0) is 35.2 Å². The molecule has 0 amide bonds. The lowest BCUT2D eigenvalue weighted by molar-refractivity contribution is -0.145. The highest BCUT2D eigenvalue weighted by Gasteiger charge is 2.79.